The molecule has 1 aliphatic carbocycles. The third-order valence-electron chi connectivity index (χ3n) is 4.95. The molecule has 30 heavy (non-hydrogen) atoms. The normalized spacial score (nSPS) is 13.0. The maximum absolute atomic E-state index is 12.9. The number of anilines is 2. The van der Waals surface area contributed by atoms with Crippen molar-refractivity contribution in [3.8, 4) is 0 Å². The number of nitrogens with one attached hydrogen (secondary N) is 3. The average molecular weight is 421 g/mol. The van der Waals surface area contributed by atoms with Gasteiger partial charge in [-0.2, -0.15) is 0 Å². The highest BCUT2D eigenvalue weighted by Crippen LogP contribution is 2.26. The molecule has 154 valence electrons. The first-order valence-electron chi connectivity index (χ1n) is 9.97. The van der Waals surface area contributed by atoms with Crippen LogP contribution in [0.5, 0.6) is 0 Å². The topological polar surface area (TPSA) is 83.1 Å². The van der Waals surface area contributed by atoms with Crippen molar-refractivity contribution >= 4 is 34.0 Å². The minimum absolute atomic E-state index is 0.102. The first kappa shape index (κ1) is 20.1. The zero-order valence-corrected chi connectivity index (χ0v) is 17.8. The predicted octanol–water partition coefficient (Wildman–Crippen LogP) is 4.52. The maximum atomic E-state index is 12.9. The third-order valence-corrected chi connectivity index (χ3v) is 6.06. The summed E-state index contributed by atoms with van der Waals surface area (Å²) in [5.74, 6) is -0.324. The van der Waals surface area contributed by atoms with Crippen molar-refractivity contribution in [2.75, 3.05) is 10.6 Å². The van der Waals surface area contributed by atoms with Gasteiger partial charge in [-0.3, -0.25) is 9.59 Å². The Balaban J connectivity index is 1.44. The SMILES string of the molecule is Cc1ccc(C(=O)NC2CC2)cc1NC(=O)c1sc(NCc2ccccc2)nc1C. The summed E-state index contributed by atoms with van der Waals surface area (Å²) in [5, 5.41) is 9.90. The molecule has 3 N–H and O–H groups in total. The molecule has 1 aliphatic rings. The Hall–Kier alpha value is -3.19. The Morgan fingerprint density at radius 2 is 1.83 bits per heavy atom. The summed E-state index contributed by atoms with van der Waals surface area (Å²) in [5.41, 5.74) is 3.90. The largest absolute Gasteiger partial charge is 0.357 e. The van der Waals surface area contributed by atoms with Gasteiger partial charge in [0.2, 0.25) is 0 Å². The second kappa shape index (κ2) is 8.67. The first-order valence-corrected chi connectivity index (χ1v) is 10.8. The predicted molar refractivity (Wildman–Crippen MR) is 120 cm³/mol. The molecule has 2 amide bonds. The van der Waals surface area contributed by atoms with Crippen LogP contribution in [0.3, 0.4) is 0 Å². The molecule has 2 aromatic carbocycles. The summed E-state index contributed by atoms with van der Waals surface area (Å²) in [4.78, 5) is 30.2. The van der Waals surface area contributed by atoms with E-state index in [2.05, 4.69) is 20.9 Å². The van der Waals surface area contributed by atoms with Crippen LogP contribution in [-0.4, -0.2) is 22.8 Å². The van der Waals surface area contributed by atoms with E-state index >= 15 is 0 Å². The lowest BCUT2D eigenvalue weighted by Crippen LogP contribution is -2.25. The van der Waals surface area contributed by atoms with Gasteiger partial charge < -0.3 is 16.0 Å². The number of carbonyl (C=O) groups excluding carboxylic acids is 2. The van der Waals surface area contributed by atoms with E-state index < -0.39 is 0 Å². The van der Waals surface area contributed by atoms with E-state index in [1.54, 1.807) is 12.1 Å². The van der Waals surface area contributed by atoms with Crippen LogP contribution in [0.1, 0.15) is 49.7 Å². The minimum atomic E-state index is -0.222. The second-order valence-electron chi connectivity index (χ2n) is 7.50. The zero-order chi connectivity index (χ0) is 21.1. The Morgan fingerprint density at radius 1 is 1.07 bits per heavy atom. The van der Waals surface area contributed by atoms with Crippen LogP contribution in [0, 0.1) is 13.8 Å². The van der Waals surface area contributed by atoms with Gasteiger partial charge in [0.15, 0.2) is 5.13 Å². The molecular formula is C23H24N4O2S. The van der Waals surface area contributed by atoms with Crippen LogP contribution in [0.4, 0.5) is 10.8 Å². The molecule has 6 nitrogen and oxygen atoms in total. The number of nitrogens with zero attached hydrogens (tertiary/aromatic N) is 1. The number of thiazole rings is 1. The van der Waals surface area contributed by atoms with E-state index in [1.165, 1.54) is 11.3 Å². The second-order valence-corrected chi connectivity index (χ2v) is 8.50. The van der Waals surface area contributed by atoms with Crippen molar-refractivity contribution in [2.45, 2.75) is 39.3 Å². The number of carbonyl (C=O) groups is 2. The smallest absolute Gasteiger partial charge is 0.267 e. The fraction of sp³-hybridized carbons (Fsp3) is 0.261. The number of hydrogen-bond donors (Lipinski definition) is 3. The van der Waals surface area contributed by atoms with Crippen molar-refractivity contribution in [1.29, 1.82) is 0 Å². The highest BCUT2D eigenvalue weighted by atomic mass is 32.1. The molecule has 0 bridgehead atoms. The summed E-state index contributed by atoms with van der Waals surface area (Å²) in [7, 11) is 0. The number of benzene rings is 2. The quantitative estimate of drug-likeness (QED) is 0.525. The highest BCUT2D eigenvalue weighted by molar-refractivity contribution is 7.17. The molecule has 0 radical (unpaired) electrons. The molecule has 7 heteroatoms. The molecule has 0 aliphatic heterocycles. The third kappa shape index (κ3) is 4.86. The number of amides is 2. The van der Waals surface area contributed by atoms with Gasteiger partial charge in [0.25, 0.3) is 11.8 Å². The minimum Gasteiger partial charge on any atom is -0.357 e. The van der Waals surface area contributed by atoms with E-state index in [9.17, 15) is 9.59 Å². The van der Waals surface area contributed by atoms with E-state index in [0.717, 1.165) is 24.0 Å². The molecule has 4 rings (SSSR count). The van der Waals surface area contributed by atoms with Gasteiger partial charge in [0.1, 0.15) is 4.88 Å². The first-order chi connectivity index (χ1) is 14.5. The van der Waals surface area contributed by atoms with E-state index in [0.29, 0.717) is 39.5 Å². The number of hydrogen-bond acceptors (Lipinski definition) is 5. The van der Waals surface area contributed by atoms with Crippen molar-refractivity contribution < 1.29 is 9.59 Å². The Morgan fingerprint density at radius 3 is 2.57 bits per heavy atom. The molecular weight excluding hydrogens is 396 g/mol. The van der Waals surface area contributed by atoms with E-state index in [1.807, 2.05) is 50.2 Å². The molecule has 0 spiro atoms. The van der Waals surface area contributed by atoms with Gasteiger partial charge in [0.05, 0.1) is 5.69 Å². The standard InChI is InChI=1S/C23H24N4O2S/c1-14-8-9-17(21(28)26-18-10-11-18)12-19(14)27-22(29)20-15(2)25-23(30-20)24-13-16-6-4-3-5-7-16/h3-9,12,18H,10-11,13H2,1-2H3,(H,24,25)(H,26,28)(H,27,29). The molecule has 1 aromatic heterocycles. The molecule has 1 fully saturated rings. The molecule has 0 saturated heterocycles. The Bertz CT molecular complexity index is 1070. The lowest BCUT2D eigenvalue weighted by molar-refractivity contribution is 0.0949. The van der Waals surface area contributed by atoms with Gasteiger partial charge in [-0.15, -0.1) is 0 Å². The fourth-order valence-electron chi connectivity index (χ4n) is 3.03. The van der Waals surface area contributed by atoms with Gasteiger partial charge in [-0.25, -0.2) is 4.98 Å². The van der Waals surface area contributed by atoms with Crippen molar-refractivity contribution in [1.82, 2.24) is 10.3 Å². The summed E-state index contributed by atoms with van der Waals surface area (Å²) >= 11 is 1.33. The molecule has 0 atom stereocenters. The van der Waals surface area contributed by atoms with Gasteiger partial charge in [0, 0.05) is 23.8 Å². The van der Waals surface area contributed by atoms with Crippen LogP contribution in [-0.2, 0) is 6.54 Å². The van der Waals surface area contributed by atoms with Crippen molar-refractivity contribution in [3.05, 3.63) is 75.8 Å². The van der Waals surface area contributed by atoms with Gasteiger partial charge in [-0.1, -0.05) is 47.7 Å². The molecule has 0 unspecified atom stereocenters. The monoisotopic (exact) mass is 420 g/mol. The number of aromatic nitrogens is 1. The number of rotatable bonds is 7. The zero-order valence-electron chi connectivity index (χ0n) is 17.0. The fourth-order valence-corrected chi connectivity index (χ4v) is 3.89. The lowest BCUT2D eigenvalue weighted by atomic mass is 10.1. The van der Waals surface area contributed by atoms with Crippen LogP contribution >= 0.6 is 11.3 Å². The van der Waals surface area contributed by atoms with Gasteiger partial charge >= 0.3 is 0 Å². The van der Waals surface area contributed by atoms with Crippen LogP contribution in [0.25, 0.3) is 0 Å². The van der Waals surface area contributed by atoms with Crippen LogP contribution in [0.15, 0.2) is 48.5 Å². The molecule has 1 heterocycles. The van der Waals surface area contributed by atoms with E-state index in [4.69, 9.17) is 0 Å². The Labute approximate surface area is 179 Å². The van der Waals surface area contributed by atoms with Crippen LogP contribution < -0.4 is 16.0 Å². The summed E-state index contributed by atoms with van der Waals surface area (Å²) in [6, 6.07) is 15.7. The molecule has 3 aromatic rings. The lowest BCUT2D eigenvalue weighted by Gasteiger charge is -2.10. The van der Waals surface area contributed by atoms with Crippen molar-refractivity contribution in [2.24, 2.45) is 0 Å². The van der Waals surface area contributed by atoms with Crippen molar-refractivity contribution in [3.63, 3.8) is 0 Å². The summed E-state index contributed by atoms with van der Waals surface area (Å²) in [6.45, 7) is 4.38. The van der Waals surface area contributed by atoms with E-state index in [-0.39, 0.29) is 11.8 Å². The highest BCUT2D eigenvalue weighted by Gasteiger charge is 2.24. The maximum Gasteiger partial charge on any atom is 0.267 e. The summed E-state index contributed by atoms with van der Waals surface area (Å²) in [6.07, 6.45) is 2.07. The average Bonchev–Trinajstić information content (AvgIpc) is 3.48. The van der Waals surface area contributed by atoms with Crippen LogP contribution in [0.2, 0.25) is 0 Å². The Kier molecular flexibility index (Phi) is 5.81. The summed E-state index contributed by atoms with van der Waals surface area (Å²) < 4.78 is 0. The van der Waals surface area contributed by atoms with Gasteiger partial charge in [-0.05, 0) is 49.9 Å². The molecule has 1 saturated carbocycles. The number of aryl methyl sites for hydroxylation is 2.